The van der Waals surface area contributed by atoms with E-state index in [4.69, 9.17) is 4.74 Å². The Morgan fingerprint density at radius 1 is 0.364 bits per heavy atom. The molecule has 6 nitrogen and oxygen atoms in total. The van der Waals surface area contributed by atoms with Gasteiger partial charge in [-0.2, -0.15) is 0 Å². The predicted molar refractivity (Wildman–Crippen MR) is 287 cm³/mol. The smallest absolute Gasteiger partial charge is 0.305 e. The van der Waals surface area contributed by atoms with Crippen molar-refractivity contribution < 1.29 is 24.5 Å². The summed E-state index contributed by atoms with van der Waals surface area (Å²) in [5.41, 5.74) is 0. The third-order valence-corrected chi connectivity index (χ3v) is 14.4. The molecule has 0 fully saturated rings. The van der Waals surface area contributed by atoms with Crippen molar-refractivity contribution in [3.8, 4) is 0 Å². The standard InChI is InChI=1S/C60H119NO5/c1-3-5-7-9-11-13-15-17-19-20-21-22-23-24-25-26-27-29-30-32-36-40-44-48-52-58(63)57(56-62)61-59(64)53-49-45-41-37-34-35-39-43-47-51-55-66-60(65)54-50-46-42-38-33-31-28-18-16-14-12-10-8-6-4-2/h57-58,62-63H,3-56H2,1-2H3,(H,61,64). The number of carbonyl (C=O) groups excluding carboxylic acids is 2. The lowest BCUT2D eigenvalue weighted by molar-refractivity contribution is -0.143. The molecule has 1 amide bonds. The lowest BCUT2D eigenvalue weighted by Gasteiger charge is -2.22. The lowest BCUT2D eigenvalue weighted by atomic mass is 10.0. The summed E-state index contributed by atoms with van der Waals surface area (Å²) in [5.74, 6) is -0.0665. The molecule has 0 aromatic carbocycles. The first-order chi connectivity index (χ1) is 32.5. The van der Waals surface area contributed by atoms with Gasteiger partial charge in [0, 0.05) is 12.8 Å². The normalized spacial score (nSPS) is 12.5. The molecule has 0 radical (unpaired) electrons. The Hall–Kier alpha value is -1.14. The van der Waals surface area contributed by atoms with Gasteiger partial charge < -0.3 is 20.3 Å². The van der Waals surface area contributed by atoms with Crippen molar-refractivity contribution in [3.05, 3.63) is 0 Å². The number of amides is 1. The molecule has 0 saturated carbocycles. The van der Waals surface area contributed by atoms with Crippen LogP contribution in [0.5, 0.6) is 0 Å². The van der Waals surface area contributed by atoms with Crippen LogP contribution in [0.4, 0.5) is 0 Å². The first-order valence-corrected chi connectivity index (χ1v) is 30.3. The van der Waals surface area contributed by atoms with Crippen LogP contribution in [0.2, 0.25) is 0 Å². The molecule has 0 aromatic heterocycles. The fourth-order valence-electron chi connectivity index (χ4n) is 9.76. The second-order valence-corrected chi connectivity index (χ2v) is 21.1. The summed E-state index contributed by atoms with van der Waals surface area (Å²) in [5, 5.41) is 23.4. The molecule has 2 unspecified atom stereocenters. The number of unbranched alkanes of at least 4 members (excludes halogenated alkanes) is 46. The number of esters is 1. The average Bonchev–Trinajstić information content (AvgIpc) is 3.32. The largest absolute Gasteiger partial charge is 0.466 e. The van der Waals surface area contributed by atoms with Crippen LogP contribution in [0.3, 0.4) is 0 Å². The Morgan fingerprint density at radius 3 is 0.924 bits per heavy atom. The third kappa shape index (κ3) is 52.2. The molecule has 3 N–H and O–H groups in total. The van der Waals surface area contributed by atoms with Gasteiger partial charge in [-0.05, 0) is 25.7 Å². The molecule has 0 saturated heterocycles. The highest BCUT2D eigenvalue weighted by atomic mass is 16.5. The van der Waals surface area contributed by atoms with Crippen LogP contribution in [0.1, 0.15) is 348 Å². The highest BCUT2D eigenvalue weighted by molar-refractivity contribution is 5.76. The van der Waals surface area contributed by atoms with Crippen molar-refractivity contribution >= 4 is 11.9 Å². The van der Waals surface area contributed by atoms with Gasteiger partial charge in [0.2, 0.25) is 5.91 Å². The highest BCUT2D eigenvalue weighted by Crippen LogP contribution is 2.18. The van der Waals surface area contributed by atoms with E-state index in [0.29, 0.717) is 25.9 Å². The minimum atomic E-state index is -0.678. The highest BCUT2D eigenvalue weighted by Gasteiger charge is 2.20. The second kappa shape index (κ2) is 56.4. The minimum Gasteiger partial charge on any atom is -0.466 e. The average molecular weight is 935 g/mol. The lowest BCUT2D eigenvalue weighted by Crippen LogP contribution is -2.45. The molecule has 6 heteroatoms. The Morgan fingerprint density at radius 2 is 0.621 bits per heavy atom. The Bertz CT molecular complexity index is 944. The van der Waals surface area contributed by atoms with Gasteiger partial charge in [-0.25, -0.2) is 0 Å². The van der Waals surface area contributed by atoms with Crippen molar-refractivity contribution in [1.82, 2.24) is 5.32 Å². The van der Waals surface area contributed by atoms with E-state index in [1.165, 1.54) is 257 Å². The number of nitrogens with one attached hydrogen (secondary N) is 1. The van der Waals surface area contributed by atoms with E-state index in [0.717, 1.165) is 57.8 Å². The maximum atomic E-state index is 12.5. The molecule has 0 bridgehead atoms. The quantitative estimate of drug-likeness (QED) is 0.0417. The summed E-state index contributed by atoms with van der Waals surface area (Å²) in [6, 6.07) is -0.558. The molecule has 66 heavy (non-hydrogen) atoms. The molecular formula is C60H119NO5. The maximum Gasteiger partial charge on any atom is 0.305 e. The molecule has 0 rings (SSSR count). The minimum absolute atomic E-state index is 0.0141. The molecule has 0 aliphatic rings. The van der Waals surface area contributed by atoms with Gasteiger partial charge in [-0.15, -0.1) is 0 Å². The van der Waals surface area contributed by atoms with Gasteiger partial charge in [0.25, 0.3) is 0 Å². The van der Waals surface area contributed by atoms with Crippen LogP contribution in [-0.2, 0) is 14.3 Å². The predicted octanol–water partition coefficient (Wildman–Crippen LogP) is 18.7. The first-order valence-electron chi connectivity index (χ1n) is 30.3. The molecule has 0 aliphatic carbocycles. The number of carbonyl (C=O) groups is 2. The van der Waals surface area contributed by atoms with Crippen molar-refractivity contribution in [2.75, 3.05) is 13.2 Å². The van der Waals surface area contributed by atoms with E-state index in [9.17, 15) is 19.8 Å². The van der Waals surface area contributed by atoms with E-state index < -0.39 is 12.1 Å². The summed E-state index contributed by atoms with van der Waals surface area (Å²) in [7, 11) is 0. The Balaban J connectivity index is 3.44. The Labute approximate surface area is 413 Å². The van der Waals surface area contributed by atoms with E-state index in [2.05, 4.69) is 19.2 Å². The monoisotopic (exact) mass is 934 g/mol. The second-order valence-electron chi connectivity index (χ2n) is 21.1. The van der Waals surface area contributed by atoms with Crippen LogP contribution in [-0.4, -0.2) is 47.4 Å². The number of aliphatic hydroxyl groups excluding tert-OH is 2. The maximum absolute atomic E-state index is 12.5. The molecule has 394 valence electrons. The zero-order valence-corrected chi connectivity index (χ0v) is 45.0. The molecule has 0 spiro atoms. The number of hydrogen-bond acceptors (Lipinski definition) is 5. The molecule has 0 heterocycles. The zero-order valence-electron chi connectivity index (χ0n) is 45.0. The third-order valence-electron chi connectivity index (χ3n) is 14.4. The van der Waals surface area contributed by atoms with Gasteiger partial charge in [-0.1, -0.05) is 309 Å². The summed E-state index contributed by atoms with van der Waals surface area (Å²) >= 11 is 0. The molecule has 0 aliphatic heterocycles. The van der Waals surface area contributed by atoms with Gasteiger partial charge in [0.05, 0.1) is 25.4 Å². The molecule has 2 atom stereocenters. The fraction of sp³-hybridized carbons (Fsp3) is 0.967. The molecular weight excluding hydrogens is 815 g/mol. The summed E-state index contributed by atoms with van der Waals surface area (Å²) < 4.78 is 5.47. The van der Waals surface area contributed by atoms with E-state index in [-0.39, 0.29) is 18.5 Å². The Kier molecular flexibility index (Phi) is 55.5. The number of ether oxygens (including phenoxy) is 1. The van der Waals surface area contributed by atoms with Crippen molar-refractivity contribution in [3.63, 3.8) is 0 Å². The van der Waals surface area contributed by atoms with E-state index in [1.54, 1.807) is 0 Å². The zero-order chi connectivity index (χ0) is 47.9. The van der Waals surface area contributed by atoms with Gasteiger partial charge in [-0.3, -0.25) is 9.59 Å². The summed E-state index contributed by atoms with van der Waals surface area (Å²) in [4.78, 5) is 24.6. The van der Waals surface area contributed by atoms with E-state index >= 15 is 0 Å². The first kappa shape index (κ1) is 64.9. The van der Waals surface area contributed by atoms with Crippen LogP contribution in [0.25, 0.3) is 0 Å². The number of aliphatic hydroxyl groups is 2. The molecule has 0 aromatic rings. The van der Waals surface area contributed by atoms with Gasteiger partial charge in [0.15, 0.2) is 0 Å². The number of hydrogen-bond donors (Lipinski definition) is 3. The van der Waals surface area contributed by atoms with Crippen LogP contribution >= 0.6 is 0 Å². The van der Waals surface area contributed by atoms with Crippen LogP contribution in [0, 0.1) is 0 Å². The van der Waals surface area contributed by atoms with E-state index in [1.807, 2.05) is 0 Å². The van der Waals surface area contributed by atoms with Crippen molar-refractivity contribution in [1.29, 1.82) is 0 Å². The number of rotatable bonds is 57. The van der Waals surface area contributed by atoms with Crippen LogP contribution in [0.15, 0.2) is 0 Å². The van der Waals surface area contributed by atoms with Gasteiger partial charge >= 0.3 is 5.97 Å². The summed E-state index contributed by atoms with van der Waals surface area (Å²) in [6.45, 7) is 4.94. The SMILES string of the molecule is CCCCCCCCCCCCCCCCCCCCCCCCCCC(O)C(CO)NC(=O)CCCCCCCCCCCCOC(=O)CCCCCCCCCCCCCCCCC. The van der Waals surface area contributed by atoms with Crippen LogP contribution < -0.4 is 5.32 Å². The van der Waals surface area contributed by atoms with Crippen molar-refractivity contribution in [2.45, 2.75) is 360 Å². The topological polar surface area (TPSA) is 95.9 Å². The summed E-state index contributed by atoms with van der Waals surface area (Å²) in [6.07, 6.45) is 65.3. The fourth-order valence-corrected chi connectivity index (χ4v) is 9.76. The van der Waals surface area contributed by atoms with Gasteiger partial charge in [0.1, 0.15) is 0 Å². The van der Waals surface area contributed by atoms with Crippen molar-refractivity contribution in [2.24, 2.45) is 0 Å².